The van der Waals surface area contributed by atoms with E-state index >= 15 is 0 Å². The fraction of sp³-hybridized carbons (Fsp3) is 0.462. The fourth-order valence-electron chi connectivity index (χ4n) is 2.31. The summed E-state index contributed by atoms with van der Waals surface area (Å²) in [5.41, 5.74) is 0.424. The second-order valence-electron chi connectivity index (χ2n) is 4.55. The third-order valence-electron chi connectivity index (χ3n) is 3.29. The summed E-state index contributed by atoms with van der Waals surface area (Å²) in [6.45, 7) is 0.380. The van der Waals surface area contributed by atoms with Gasteiger partial charge in [0.25, 0.3) is 5.91 Å². The average Bonchev–Trinajstić information content (AvgIpc) is 2.80. The number of aliphatic hydroxyl groups excluding tert-OH is 1. The Balaban J connectivity index is 2.23. The zero-order valence-corrected chi connectivity index (χ0v) is 12.0. The molecule has 2 atom stereocenters. The smallest absolute Gasteiger partial charge is 0.254 e. The van der Waals surface area contributed by atoms with Crippen molar-refractivity contribution in [2.24, 2.45) is 0 Å². The van der Waals surface area contributed by atoms with Crippen LogP contribution in [0, 0.1) is 0 Å². The molecule has 1 N–H and O–H groups in total. The maximum atomic E-state index is 12.4. The molecule has 0 unspecified atom stereocenters. The molecule has 4 nitrogen and oxygen atoms in total. The van der Waals surface area contributed by atoms with Crippen LogP contribution in [-0.4, -0.2) is 48.3 Å². The van der Waals surface area contributed by atoms with Crippen LogP contribution in [0.5, 0.6) is 0 Å². The van der Waals surface area contributed by atoms with Crippen LogP contribution in [-0.2, 0) is 4.74 Å². The maximum Gasteiger partial charge on any atom is 0.254 e. The van der Waals surface area contributed by atoms with E-state index in [4.69, 9.17) is 27.9 Å². The van der Waals surface area contributed by atoms with Crippen molar-refractivity contribution < 1.29 is 14.6 Å². The number of nitrogens with zero attached hydrogens (tertiary/aromatic N) is 1. The number of hydrogen-bond donors (Lipinski definition) is 1. The molecule has 1 aliphatic rings. The normalized spacial score (nSPS) is 22.8. The van der Waals surface area contributed by atoms with Crippen LogP contribution in [0.25, 0.3) is 0 Å². The van der Waals surface area contributed by atoms with Crippen molar-refractivity contribution in [3.63, 3.8) is 0 Å². The quantitative estimate of drug-likeness (QED) is 0.931. The molecule has 0 saturated carbocycles. The molecule has 1 saturated heterocycles. The number of ether oxygens (including phenoxy) is 1. The van der Waals surface area contributed by atoms with Crippen LogP contribution in [0.4, 0.5) is 0 Å². The predicted molar refractivity (Wildman–Crippen MR) is 73.8 cm³/mol. The van der Waals surface area contributed by atoms with Gasteiger partial charge in [-0.25, -0.2) is 0 Å². The molecule has 1 heterocycles. The second-order valence-corrected chi connectivity index (χ2v) is 5.42. The Bertz CT molecular complexity index is 461. The van der Waals surface area contributed by atoms with Gasteiger partial charge in [-0.2, -0.15) is 0 Å². The Morgan fingerprint density at radius 1 is 1.42 bits per heavy atom. The van der Waals surface area contributed by atoms with Gasteiger partial charge in [-0.05, 0) is 24.6 Å². The Hall–Kier alpha value is -0.810. The van der Waals surface area contributed by atoms with E-state index in [1.54, 1.807) is 30.2 Å². The molecule has 0 spiro atoms. The van der Waals surface area contributed by atoms with Gasteiger partial charge in [-0.15, -0.1) is 0 Å². The molecule has 0 radical (unpaired) electrons. The Kier molecular flexibility index (Phi) is 4.68. The zero-order chi connectivity index (χ0) is 14.0. The molecule has 2 rings (SSSR count). The number of amides is 1. The minimum absolute atomic E-state index is 0.0456. The largest absolute Gasteiger partial charge is 0.394 e. The van der Waals surface area contributed by atoms with Crippen LogP contribution < -0.4 is 0 Å². The van der Waals surface area contributed by atoms with E-state index in [9.17, 15) is 9.90 Å². The van der Waals surface area contributed by atoms with Crippen LogP contribution in [0.1, 0.15) is 16.8 Å². The van der Waals surface area contributed by atoms with Gasteiger partial charge in [0, 0.05) is 29.3 Å². The monoisotopic (exact) mass is 303 g/mol. The molecule has 19 heavy (non-hydrogen) atoms. The Labute approximate surface area is 121 Å². The van der Waals surface area contributed by atoms with Crippen LogP contribution in [0.3, 0.4) is 0 Å². The van der Waals surface area contributed by atoms with Crippen LogP contribution >= 0.6 is 23.2 Å². The Morgan fingerprint density at radius 3 is 2.58 bits per heavy atom. The van der Waals surface area contributed by atoms with Gasteiger partial charge in [-0.1, -0.05) is 23.2 Å². The summed E-state index contributed by atoms with van der Waals surface area (Å²) in [4.78, 5) is 14.0. The third-order valence-corrected chi connectivity index (χ3v) is 3.73. The van der Waals surface area contributed by atoms with Crippen molar-refractivity contribution in [1.29, 1.82) is 0 Å². The molecule has 1 fully saturated rings. The summed E-state index contributed by atoms with van der Waals surface area (Å²) in [6, 6.07) is 4.50. The molecule has 1 aromatic rings. The lowest BCUT2D eigenvalue weighted by molar-refractivity contribution is 0.0648. The first-order chi connectivity index (χ1) is 9.05. The topological polar surface area (TPSA) is 49.8 Å². The molecule has 0 aromatic heterocycles. The summed E-state index contributed by atoms with van der Waals surface area (Å²) < 4.78 is 5.25. The molecular weight excluding hydrogens is 289 g/mol. The van der Waals surface area contributed by atoms with E-state index in [0.29, 0.717) is 28.6 Å². The van der Waals surface area contributed by atoms with Crippen molar-refractivity contribution in [3.8, 4) is 0 Å². The van der Waals surface area contributed by atoms with E-state index in [-0.39, 0.29) is 24.7 Å². The lowest BCUT2D eigenvalue weighted by Crippen LogP contribution is -2.38. The average molecular weight is 304 g/mol. The Morgan fingerprint density at radius 2 is 2.05 bits per heavy atom. The van der Waals surface area contributed by atoms with E-state index < -0.39 is 0 Å². The minimum atomic E-state index is -0.227. The number of hydrogen-bond acceptors (Lipinski definition) is 3. The number of carbonyl (C=O) groups excluding carboxylic acids is 1. The first-order valence-corrected chi connectivity index (χ1v) is 6.71. The first-order valence-electron chi connectivity index (χ1n) is 5.96. The summed E-state index contributed by atoms with van der Waals surface area (Å²) in [7, 11) is 1.60. The van der Waals surface area contributed by atoms with Gasteiger partial charge < -0.3 is 14.7 Å². The van der Waals surface area contributed by atoms with Crippen molar-refractivity contribution in [1.82, 2.24) is 4.90 Å². The molecule has 0 bridgehead atoms. The second kappa shape index (κ2) is 6.09. The number of methoxy groups -OCH3 is 1. The van der Waals surface area contributed by atoms with Crippen molar-refractivity contribution in [2.75, 3.05) is 20.3 Å². The molecule has 1 amide bonds. The van der Waals surface area contributed by atoms with Gasteiger partial charge in [0.1, 0.15) is 0 Å². The standard InChI is InChI=1S/C13H15Cl2NO3/c1-19-12-5-11(7-17)16(6-12)13(18)8-2-9(14)4-10(15)3-8/h2-4,11-12,17H,5-7H2,1H3/t11-,12-/m0/s1. The highest BCUT2D eigenvalue weighted by Gasteiger charge is 2.35. The van der Waals surface area contributed by atoms with Crippen molar-refractivity contribution in [3.05, 3.63) is 33.8 Å². The van der Waals surface area contributed by atoms with E-state index in [1.807, 2.05) is 0 Å². The van der Waals surface area contributed by atoms with Crippen molar-refractivity contribution in [2.45, 2.75) is 18.6 Å². The van der Waals surface area contributed by atoms with Gasteiger partial charge in [-0.3, -0.25) is 4.79 Å². The molecule has 1 aromatic carbocycles. The fourth-order valence-corrected chi connectivity index (χ4v) is 2.84. The van der Waals surface area contributed by atoms with Crippen LogP contribution in [0.2, 0.25) is 10.0 Å². The van der Waals surface area contributed by atoms with Gasteiger partial charge >= 0.3 is 0 Å². The minimum Gasteiger partial charge on any atom is -0.394 e. The molecule has 0 aliphatic carbocycles. The third kappa shape index (κ3) is 3.20. The molecule has 1 aliphatic heterocycles. The number of likely N-dealkylation sites (tertiary alicyclic amines) is 1. The SMILES string of the molecule is CO[C@H]1C[C@@H](CO)N(C(=O)c2cc(Cl)cc(Cl)c2)C1. The summed E-state index contributed by atoms with van der Waals surface area (Å²) in [5, 5.41) is 10.2. The van der Waals surface area contributed by atoms with Gasteiger partial charge in [0.05, 0.1) is 18.8 Å². The van der Waals surface area contributed by atoms with E-state index in [2.05, 4.69) is 0 Å². The number of aliphatic hydroxyl groups is 1. The lowest BCUT2D eigenvalue weighted by Gasteiger charge is -2.23. The lowest BCUT2D eigenvalue weighted by atomic mass is 10.1. The van der Waals surface area contributed by atoms with Gasteiger partial charge in [0.2, 0.25) is 0 Å². The summed E-state index contributed by atoms with van der Waals surface area (Å²) in [5.74, 6) is -0.192. The maximum absolute atomic E-state index is 12.4. The highest BCUT2D eigenvalue weighted by atomic mass is 35.5. The number of carbonyl (C=O) groups is 1. The first kappa shape index (κ1) is 14.6. The summed E-state index contributed by atoms with van der Waals surface area (Å²) in [6.07, 6.45) is 0.586. The predicted octanol–water partition coefficient (Wildman–Crippen LogP) is 2.22. The molecule has 104 valence electrons. The van der Waals surface area contributed by atoms with Crippen molar-refractivity contribution >= 4 is 29.1 Å². The van der Waals surface area contributed by atoms with Gasteiger partial charge in [0.15, 0.2) is 0 Å². The van der Waals surface area contributed by atoms with E-state index in [1.165, 1.54) is 0 Å². The highest BCUT2D eigenvalue weighted by molar-refractivity contribution is 6.35. The number of rotatable bonds is 3. The van der Waals surface area contributed by atoms with Crippen LogP contribution in [0.15, 0.2) is 18.2 Å². The number of benzene rings is 1. The molecular formula is C13H15Cl2NO3. The van der Waals surface area contributed by atoms with E-state index in [0.717, 1.165) is 0 Å². The highest BCUT2D eigenvalue weighted by Crippen LogP contribution is 2.25. The molecule has 6 heteroatoms. The zero-order valence-electron chi connectivity index (χ0n) is 10.5. The number of halogens is 2. The summed E-state index contributed by atoms with van der Waals surface area (Å²) >= 11 is 11.8.